The van der Waals surface area contributed by atoms with Crippen LogP contribution in [-0.4, -0.2) is 17.8 Å². The van der Waals surface area contributed by atoms with Gasteiger partial charge in [0.25, 0.3) is 0 Å². The molecule has 2 aromatic rings. The van der Waals surface area contributed by atoms with E-state index in [2.05, 4.69) is 0 Å². The molecule has 3 heteroatoms. The summed E-state index contributed by atoms with van der Waals surface area (Å²) in [6, 6.07) is 5.67. The van der Waals surface area contributed by atoms with Gasteiger partial charge in [-0.15, -0.1) is 0 Å². The molecule has 16 heavy (non-hydrogen) atoms. The predicted molar refractivity (Wildman–Crippen MR) is 62.8 cm³/mol. The van der Waals surface area contributed by atoms with Crippen LogP contribution in [0.15, 0.2) is 28.9 Å². The first kappa shape index (κ1) is 11.0. The number of hydrogen-bond acceptors (Lipinski definition) is 3. The zero-order valence-corrected chi connectivity index (χ0v) is 9.78. The number of benzene rings is 1. The van der Waals surface area contributed by atoms with Crippen LogP contribution in [0.1, 0.15) is 19.4 Å². The quantitative estimate of drug-likeness (QED) is 0.864. The van der Waals surface area contributed by atoms with E-state index >= 15 is 0 Å². The summed E-state index contributed by atoms with van der Waals surface area (Å²) < 4.78 is 10.6. The molecule has 0 saturated carbocycles. The molecular weight excluding hydrogens is 204 g/mol. The Morgan fingerprint density at radius 2 is 2.12 bits per heavy atom. The third-order valence-electron chi connectivity index (χ3n) is 2.48. The molecular formula is C13H16O3. The van der Waals surface area contributed by atoms with Crippen molar-refractivity contribution < 1.29 is 14.3 Å². The molecule has 0 spiro atoms. The Kier molecular flexibility index (Phi) is 2.64. The van der Waals surface area contributed by atoms with Crippen molar-refractivity contribution in [1.29, 1.82) is 0 Å². The summed E-state index contributed by atoms with van der Waals surface area (Å²) in [5.41, 5.74) is 1.08. The Balaban J connectivity index is 2.46. The van der Waals surface area contributed by atoms with Crippen molar-refractivity contribution in [3.63, 3.8) is 0 Å². The van der Waals surface area contributed by atoms with Gasteiger partial charge in [-0.3, -0.25) is 0 Å². The molecule has 0 saturated heterocycles. The minimum atomic E-state index is -0.736. The Hall–Kier alpha value is -1.48. The molecule has 0 bridgehead atoms. The van der Waals surface area contributed by atoms with E-state index in [1.165, 1.54) is 0 Å². The molecule has 0 aliphatic rings. The Bertz CT molecular complexity index is 491. The topological polar surface area (TPSA) is 42.6 Å². The van der Waals surface area contributed by atoms with Gasteiger partial charge >= 0.3 is 0 Å². The number of hydrogen-bond donors (Lipinski definition) is 1. The van der Waals surface area contributed by atoms with Crippen LogP contribution >= 0.6 is 0 Å². The second kappa shape index (κ2) is 3.83. The van der Waals surface area contributed by atoms with Gasteiger partial charge in [-0.25, -0.2) is 0 Å². The fraction of sp³-hybridized carbons (Fsp3) is 0.385. The lowest BCUT2D eigenvalue weighted by Gasteiger charge is -2.15. The van der Waals surface area contributed by atoms with Crippen molar-refractivity contribution >= 4 is 11.0 Å². The van der Waals surface area contributed by atoms with Crippen LogP contribution < -0.4 is 4.74 Å². The van der Waals surface area contributed by atoms with Crippen LogP contribution in [-0.2, 0) is 6.42 Å². The molecule has 1 aromatic heterocycles. The van der Waals surface area contributed by atoms with E-state index in [0.717, 1.165) is 22.3 Å². The van der Waals surface area contributed by atoms with Crippen LogP contribution in [0.5, 0.6) is 5.75 Å². The van der Waals surface area contributed by atoms with Gasteiger partial charge < -0.3 is 14.3 Å². The van der Waals surface area contributed by atoms with E-state index < -0.39 is 5.60 Å². The normalized spacial score (nSPS) is 12.0. The molecule has 2 rings (SSSR count). The maximum absolute atomic E-state index is 9.80. The summed E-state index contributed by atoms with van der Waals surface area (Å²) in [4.78, 5) is 0. The average molecular weight is 220 g/mol. The number of fused-ring (bicyclic) bond motifs is 1. The fourth-order valence-corrected chi connectivity index (χ4v) is 1.79. The summed E-state index contributed by atoms with van der Waals surface area (Å²) >= 11 is 0. The molecule has 0 atom stereocenters. The number of rotatable bonds is 3. The van der Waals surface area contributed by atoms with Crippen LogP contribution in [0.4, 0.5) is 0 Å². The van der Waals surface area contributed by atoms with Crippen molar-refractivity contribution in [3.8, 4) is 5.75 Å². The molecule has 0 aliphatic heterocycles. The maximum Gasteiger partial charge on any atom is 0.134 e. The van der Waals surface area contributed by atoms with Crippen LogP contribution in [0.3, 0.4) is 0 Å². The van der Waals surface area contributed by atoms with E-state index in [1.54, 1.807) is 27.2 Å². The molecule has 0 fully saturated rings. The fourth-order valence-electron chi connectivity index (χ4n) is 1.79. The molecule has 0 amide bonds. The third-order valence-corrected chi connectivity index (χ3v) is 2.48. The second-order valence-corrected chi connectivity index (χ2v) is 4.61. The molecule has 3 nitrogen and oxygen atoms in total. The zero-order chi connectivity index (χ0) is 11.8. The summed E-state index contributed by atoms with van der Waals surface area (Å²) in [7, 11) is 1.64. The largest absolute Gasteiger partial charge is 0.497 e. The lowest BCUT2D eigenvalue weighted by Crippen LogP contribution is -2.21. The first-order valence-electron chi connectivity index (χ1n) is 5.26. The summed E-state index contributed by atoms with van der Waals surface area (Å²) in [6.45, 7) is 3.57. The SMILES string of the molecule is COc1ccc2occ(CC(C)(C)O)c2c1. The second-order valence-electron chi connectivity index (χ2n) is 4.61. The number of aliphatic hydroxyl groups is 1. The van der Waals surface area contributed by atoms with Crippen LogP contribution in [0.2, 0.25) is 0 Å². The van der Waals surface area contributed by atoms with E-state index in [1.807, 2.05) is 18.2 Å². The minimum absolute atomic E-state index is 0.563. The smallest absolute Gasteiger partial charge is 0.134 e. The van der Waals surface area contributed by atoms with Crippen LogP contribution in [0.25, 0.3) is 11.0 Å². The summed E-state index contributed by atoms with van der Waals surface area (Å²) in [6.07, 6.45) is 2.26. The van der Waals surface area contributed by atoms with Gasteiger partial charge in [0, 0.05) is 17.4 Å². The maximum atomic E-state index is 9.80. The highest BCUT2D eigenvalue weighted by Crippen LogP contribution is 2.28. The van der Waals surface area contributed by atoms with Gasteiger partial charge in [-0.2, -0.15) is 0 Å². The predicted octanol–water partition coefficient (Wildman–Crippen LogP) is 2.75. The lowest BCUT2D eigenvalue weighted by atomic mass is 9.98. The van der Waals surface area contributed by atoms with Crippen molar-refractivity contribution in [3.05, 3.63) is 30.0 Å². The van der Waals surface area contributed by atoms with E-state index in [-0.39, 0.29) is 0 Å². The van der Waals surface area contributed by atoms with E-state index in [4.69, 9.17) is 9.15 Å². The molecule has 0 aliphatic carbocycles. The van der Waals surface area contributed by atoms with Gasteiger partial charge in [-0.1, -0.05) is 0 Å². The first-order valence-corrected chi connectivity index (χ1v) is 5.26. The highest BCUT2D eigenvalue weighted by atomic mass is 16.5. The number of ether oxygens (including phenoxy) is 1. The highest BCUT2D eigenvalue weighted by Gasteiger charge is 2.17. The monoisotopic (exact) mass is 220 g/mol. The third kappa shape index (κ3) is 2.19. The van der Waals surface area contributed by atoms with Crippen molar-refractivity contribution in [1.82, 2.24) is 0 Å². The van der Waals surface area contributed by atoms with Gasteiger partial charge in [0.05, 0.1) is 19.0 Å². The standard InChI is InChI=1S/C13H16O3/c1-13(2,14)7-9-8-16-12-5-4-10(15-3)6-11(9)12/h4-6,8,14H,7H2,1-3H3. The Labute approximate surface area is 94.6 Å². The molecule has 1 heterocycles. The van der Waals surface area contributed by atoms with Crippen LogP contribution in [0, 0.1) is 0 Å². The molecule has 86 valence electrons. The summed E-state index contributed by atoms with van der Waals surface area (Å²) in [5, 5.41) is 10.8. The molecule has 0 unspecified atom stereocenters. The average Bonchev–Trinajstić information content (AvgIpc) is 2.58. The molecule has 1 aromatic carbocycles. The number of furan rings is 1. The highest BCUT2D eigenvalue weighted by molar-refractivity contribution is 5.82. The minimum Gasteiger partial charge on any atom is -0.497 e. The molecule has 0 radical (unpaired) electrons. The van der Waals surface area contributed by atoms with E-state index in [9.17, 15) is 5.11 Å². The van der Waals surface area contributed by atoms with Crippen molar-refractivity contribution in [2.45, 2.75) is 25.9 Å². The van der Waals surface area contributed by atoms with E-state index in [0.29, 0.717) is 6.42 Å². The van der Waals surface area contributed by atoms with Gasteiger partial charge in [0.1, 0.15) is 11.3 Å². The lowest BCUT2D eigenvalue weighted by molar-refractivity contribution is 0.0811. The molecule has 1 N–H and O–H groups in total. The van der Waals surface area contributed by atoms with Gasteiger partial charge in [0.2, 0.25) is 0 Å². The van der Waals surface area contributed by atoms with Gasteiger partial charge in [0.15, 0.2) is 0 Å². The zero-order valence-electron chi connectivity index (χ0n) is 9.78. The van der Waals surface area contributed by atoms with Crippen molar-refractivity contribution in [2.24, 2.45) is 0 Å². The van der Waals surface area contributed by atoms with Crippen molar-refractivity contribution in [2.75, 3.05) is 7.11 Å². The van der Waals surface area contributed by atoms with Gasteiger partial charge in [-0.05, 0) is 32.0 Å². The summed E-state index contributed by atoms with van der Waals surface area (Å²) in [5.74, 6) is 0.797. The Morgan fingerprint density at radius 1 is 1.38 bits per heavy atom. The number of methoxy groups -OCH3 is 1. The first-order chi connectivity index (χ1) is 7.49. The Morgan fingerprint density at radius 3 is 2.75 bits per heavy atom.